The lowest BCUT2D eigenvalue weighted by Crippen LogP contribution is -2.19. The van der Waals surface area contributed by atoms with Crippen LogP contribution in [-0.4, -0.2) is 33.5 Å². The molecule has 150 valence electrons. The van der Waals surface area contributed by atoms with Crippen LogP contribution >= 0.6 is 23.5 Å². The topological polar surface area (TPSA) is 105 Å². The fourth-order valence-corrected chi connectivity index (χ4v) is 4.31. The van der Waals surface area contributed by atoms with E-state index in [-0.39, 0.29) is 18.2 Å². The fourth-order valence-electron chi connectivity index (χ4n) is 2.72. The Morgan fingerprint density at radius 1 is 1.28 bits per heavy atom. The van der Waals surface area contributed by atoms with Crippen molar-refractivity contribution in [3.8, 4) is 0 Å². The summed E-state index contributed by atoms with van der Waals surface area (Å²) >= 11 is 2.41. The van der Waals surface area contributed by atoms with Crippen molar-refractivity contribution in [2.24, 2.45) is 4.99 Å². The SMILES string of the molecule is Cc1ccc(N=C2NC(=O)C(=Cc3ccc(SCCO)c([N+](=O)[O-])c3)S2)c(C)c1. The van der Waals surface area contributed by atoms with E-state index >= 15 is 0 Å². The maximum absolute atomic E-state index is 12.3. The Labute approximate surface area is 176 Å². The van der Waals surface area contributed by atoms with Gasteiger partial charge in [-0.05, 0) is 54.9 Å². The molecule has 29 heavy (non-hydrogen) atoms. The van der Waals surface area contributed by atoms with E-state index in [1.165, 1.54) is 29.6 Å². The lowest BCUT2D eigenvalue weighted by molar-refractivity contribution is -0.387. The van der Waals surface area contributed by atoms with E-state index in [0.29, 0.717) is 26.3 Å². The maximum atomic E-state index is 12.3. The zero-order valence-corrected chi connectivity index (χ0v) is 17.5. The summed E-state index contributed by atoms with van der Waals surface area (Å²) in [4.78, 5) is 28.6. The molecule has 1 aliphatic rings. The van der Waals surface area contributed by atoms with Gasteiger partial charge in [0, 0.05) is 11.8 Å². The molecule has 0 atom stereocenters. The second-order valence-corrected chi connectivity index (χ2v) is 8.50. The quantitative estimate of drug-likeness (QED) is 0.309. The molecule has 1 heterocycles. The molecule has 0 bridgehead atoms. The van der Waals surface area contributed by atoms with E-state index in [0.717, 1.165) is 16.8 Å². The van der Waals surface area contributed by atoms with Gasteiger partial charge in [0.25, 0.3) is 11.6 Å². The summed E-state index contributed by atoms with van der Waals surface area (Å²) in [6.07, 6.45) is 1.61. The highest BCUT2D eigenvalue weighted by atomic mass is 32.2. The van der Waals surface area contributed by atoms with Crippen molar-refractivity contribution in [3.63, 3.8) is 0 Å². The number of nitrogens with one attached hydrogen (secondary N) is 1. The van der Waals surface area contributed by atoms with Crippen LogP contribution in [0.5, 0.6) is 0 Å². The number of rotatable bonds is 6. The third-order valence-electron chi connectivity index (χ3n) is 4.05. The van der Waals surface area contributed by atoms with Crippen LogP contribution in [-0.2, 0) is 4.79 Å². The first-order chi connectivity index (χ1) is 13.9. The van der Waals surface area contributed by atoms with Crippen LogP contribution in [0.1, 0.15) is 16.7 Å². The minimum Gasteiger partial charge on any atom is -0.396 e. The number of amides is 1. The zero-order valence-electron chi connectivity index (χ0n) is 15.8. The third-order valence-corrected chi connectivity index (χ3v) is 6.00. The Hall–Kier alpha value is -2.62. The van der Waals surface area contributed by atoms with Crippen LogP contribution < -0.4 is 5.32 Å². The molecule has 9 heteroatoms. The Balaban J connectivity index is 1.85. The highest BCUT2D eigenvalue weighted by Crippen LogP contribution is 2.33. The van der Waals surface area contributed by atoms with E-state index in [1.807, 2.05) is 32.0 Å². The molecule has 0 aromatic heterocycles. The van der Waals surface area contributed by atoms with Crippen LogP contribution in [0.4, 0.5) is 11.4 Å². The number of nitro groups is 1. The molecule has 0 unspecified atom stereocenters. The zero-order chi connectivity index (χ0) is 21.0. The number of nitrogens with zero attached hydrogens (tertiary/aromatic N) is 2. The van der Waals surface area contributed by atoms with Crippen molar-refractivity contribution in [1.82, 2.24) is 5.32 Å². The van der Waals surface area contributed by atoms with Gasteiger partial charge in [-0.15, -0.1) is 11.8 Å². The summed E-state index contributed by atoms with van der Waals surface area (Å²) in [6.45, 7) is 3.90. The Bertz CT molecular complexity index is 1030. The number of benzene rings is 2. The average molecular weight is 430 g/mol. The number of aliphatic hydroxyl groups excluding tert-OH is 1. The van der Waals surface area contributed by atoms with Crippen molar-refractivity contribution < 1.29 is 14.8 Å². The van der Waals surface area contributed by atoms with Gasteiger partial charge in [-0.3, -0.25) is 14.9 Å². The van der Waals surface area contributed by atoms with Crippen LogP contribution in [0.25, 0.3) is 6.08 Å². The van der Waals surface area contributed by atoms with E-state index in [9.17, 15) is 14.9 Å². The van der Waals surface area contributed by atoms with Gasteiger partial charge in [-0.2, -0.15) is 0 Å². The molecule has 0 saturated carbocycles. The second kappa shape index (κ2) is 9.25. The van der Waals surface area contributed by atoms with Crippen molar-refractivity contribution in [2.45, 2.75) is 18.7 Å². The lowest BCUT2D eigenvalue weighted by atomic mass is 10.1. The minimum atomic E-state index is -0.462. The number of hydrogen-bond acceptors (Lipinski definition) is 7. The Kier molecular flexibility index (Phi) is 6.73. The first-order valence-corrected chi connectivity index (χ1v) is 10.6. The summed E-state index contributed by atoms with van der Waals surface area (Å²) in [6, 6.07) is 10.7. The monoisotopic (exact) mass is 429 g/mol. The summed E-state index contributed by atoms with van der Waals surface area (Å²) in [7, 11) is 0. The van der Waals surface area contributed by atoms with E-state index in [4.69, 9.17) is 5.11 Å². The first kappa shape index (κ1) is 21.1. The third kappa shape index (κ3) is 5.26. The number of amidine groups is 1. The molecule has 2 aromatic rings. The van der Waals surface area contributed by atoms with Gasteiger partial charge in [0.1, 0.15) is 0 Å². The fraction of sp³-hybridized carbons (Fsp3) is 0.200. The molecule has 3 rings (SSSR count). The summed E-state index contributed by atoms with van der Waals surface area (Å²) in [5.41, 5.74) is 3.43. The van der Waals surface area contributed by atoms with Gasteiger partial charge in [0.2, 0.25) is 0 Å². The normalized spacial score (nSPS) is 16.4. The molecular formula is C20H19N3O4S2. The molecule has 0 aliphatic carbocycles. The number of carbonyl (C=O) groups excluding carboxylic acids is 1. The molecule has 2 N–H and O–H groups in total. The summed E-state index contributed by atoms with van der Waals surface area (Å²) in [5, 5.41) is 23.5. The number of aliphatic imine (C=N–C) groups is 1. The lowest BCUT2D eigenvalue weighted by Gasteiger charge is -2.03. The molecule has 0 radical (unpaired) electrons. The van der Waals surface area contributed by atoms with Crippen LogP contribution in [0, 0.1) is 24.0 Å². The standard InChI is InChI=1S/C20H19N3O4S2/c1-12-3-5-15(13(2)9-12)21-20-22-19(25)18(29-20)11-14-4-6-17(28-8-7-24)16(10-14)23(26)27/h3-6,9-11,24H,7-8H2,1-2H3,(H,21,22,25). The molecular weight excluding hydrogens is 410 g/mol. The highest BCUT2D eigenvalue weighted by Gasteiger charge is 2.24. The second-order valence-electron chi connectivity index (χ2n) is 6.33. The number of thioether (sulfide) groups is 2. The smallest absolute Gasteiger partial charge is 0.283 e. The van der Waals surface area contributed by atoms with Gasteiger partial charge in [-0.25, -0.2) is 4.99 Å². The van der Waals surface area contributed by atoms with E-state index in [2.05, 4.69) is 10.3 Å². The van der Waals surface area contributed by atoms with Crippen LogP contribution in [0.2, 0.25) is 0 Å². The van der Waals surface area contributed by atoms with Gasteiger partial charge < -0.3 is 10.4 Å². The molecule has 1 saturated heterocycles. The van der Waals surface area contributed by atoms with E-state index in [1.54, 1.807) is 18.2 Å². The number of aryl methyl sites for hydroxylation is 2. The number of hydrogen-bond donors (Lipinski definition) is 2. The predicted molar refractivity (Wildman–Crippen MR) is 118 cm³/mol. The molecule has 1 fully saturated rings. The van der Waals surface area contributed by atoms with Gasteiger partial charge in [-0.1, -0.05) is 23.8 Å². The predicted octanol–water partition coefficient (Wildman–Crippen LogP) is 4.19. The number of nitro benzene ring substituents is 1. The Morgan fingerprint density at radius 3 is 2.76 bits per heavy atom. The van der Waals surface area contributed by atoms with Gasteiger partial charge in [0.15, 0.2) is 5.17 Å². The maximum Gasteiger partial charge on any atom is 0.283 e. The molecule has 2 aromatic carbocycles. The van der Waals surface area contributed by atoms with Crippen molar-refractivity contribution >= 4 is 52.0 Å². The van der Waals surface area contributed by atoms with Crippen molar-refractivity contribution in [1.29, 1.82) is 0 Å². The van der Waals surface area contributed by atoms with E-state index < -0.39 is 4.92 Å². The number of aliphatic hydroxyl groups is 1. The number of carbonyl (C=O) groups is 1. The molecule has 1 amide bonds. The van der Waals surface area contributed by atoms with Crippen LogP contribution in [0.15, 0.2) is 51.2 Å². The largest absolute Gasteiger partial charge is 0.396 e. The van der Waals surface area contributed by atoms with Gasteiger partial charge >= 0.3 is 0 Å². The molecule has 7 nitrogen and oxygen atoms in total. The first-order valence-electron chi connectivity index (χ1n) is 8.76. The molecule has 0 spiro atoms. The van der Waals surface area contributed by atoms with Gasteiger partial charge in [0.05, 0.1) is 27.0 Å². The highest BCUT2D eigenvalue weighted by molar-refractivity contribution is 8.18. The summed E-state index contributed by atoms with van der Waals surface area (Å²) in [5.74, 6) is 0.0810. The Morgan fingerprint density at radius 2 is 2.07 bits per heavy atom. The minimum absolute atomic E-state index is 0.0506. The molecule has 1 aliphatic heterocycles. The average Bonchev–Trinajstić information content (AvgIpc) is 3.01. The van der Waals surface area contributed by atoms with Crippen LogP contribution in [0.3, 0.4) is 0 Å². The summed E-state index contributed by atoms with van der Waals surface area (Å²) < 4.78 is 0. The van der Waals surface area contributed by atoms with Crippen molar-refractivity contribution in [2.75, 3.05) is 12.4 Å². The van der Waals surface area contributed by atoms with Crippen molar-refractivity contribution in [3.05, 3.63) is 68.1 Å².